The number of carbonyl (C=O) groups is 3. The summed E-state index contributed by atoms with van der Waals surface area (Å²) in [5.74, 6) is -4.11. The number of fused-ring (bicyclic) bond motifs is 6. The molecule has 0 saturated carbocycles. The van der Waals surface area contributed by atoms with Gasteiger partial charge in [0.1, 0.15) is 59.6 Å². The van der Waals surface area contributed by atoms with Gasteiger partial charge in [-0.15, -0.1) is 0 Å². The lowest BCUT2D eigenvalue weighted by molar-refractivity contribution is -0.271. The number of benzene rings is 3. The van der Waals surface area contributed by atoms with Crippen LogP contribution in [0, 0.1) is 0 Å². The highest BCUT2D eigenvalue weighted by Crippen LogP contribution is 2.57. The molecule has 2 saturated heterocycles. The molecule has 50 heavy (non-hydrogen) atoms. The normalized spacial score (nSPS) is 34.1. The van der Waals surface area contributed by atoms with Gasteiger partial charge in [0, 0.05) is 34.5 Å². The summed E-state index contributed by atoms with van der Waals surface area (Å²) in [6.45, 7) is 0. The van der Waals surface area contributed by atoms with E-state index >= 15 is 0 Å². The van der Waals surface area contributed by atoms with Crippen LogP contribution < -0.4 is 19.9 Å². The van der Waals surface area contributed by atoms with Gasteiger partial charge in [-0.05, 0) is 30.3 Å². The van der Waals surface area contributed by atoms with Gasteiger partial charge >= 0.3 is 17.9 Å². The molecule has 264 valence electrons. The molecule has 3 aromatic rings. The SMILES string of the molecule is Nc1cccc2c1C(=O)OC21c2ccc(OC3O[C@H](C(=O)O)[C@@H](O)[C@H](O)[C@H]3O)cc2Oc2cc(OC3O[C@H](C(=O)O)[C@@H](O)[C@H](O)[C@H]3O)ccc21. The van der Waals surface area contributed by atoms with Crippen molar-refractivity contribution in [2.75, 3.05) is 5.73 Å². The number of aliphatic hydroxyl groups excluding tert-OH is 6. The van der Waals surface area contributed by atoms with E-state index in [2.05, 4.69) is 0 Å². The third-order valence-electron chi connectivity index (χ3n) is 8.94. The molecule has 1 spiro atoms. The third kappa shape index (κ3) is 5.08. The fraction of sp³-hybridized carbons (Fsp3) is 0.344. The summed E-state index contributed by atoms with van der Waals surface area (Å²) in [4.78, 5) is 36.5. The van der Waals surface area contributed by atoms with Crippen LogP contribution in [0.25, 0.3) is 0 Å². The minimum Gasteiger partial charge on any atom is -0.479 e. The van der Waals surface area contributed by atoms with Crippen molar-refractivity contribution in [3.8, 4) is 23.0 Å². The molecule has 0 aliphatic carbocycles. The largest absolute Gasteiger partial charge is 0.479 e. The van der Waals surface area contributed by atoms with Gasteiger partial charge < -0.3 is 75.0 Å². The molecule has 0 amide bonds. The number of aliphatic carboxylic acids is 2. The Kier molecular flexibility index (Phi) is 8.08. The molecule has 0 radical (unpaired) electrons. The van der Waals surface area contributed by atoms with E-state index < -0.39 is 84.9 Å². The van der Waals surface area contributed by atoms with Crippen LogP contribution in [-0.4, -0.2) is 120 Å². The fourth-order valence-electron chi connectivity index (χ4n) is 6.47. The van der Waals surface area contributed by atoms with Crippen LogP contribution in [0.2, 0.25) is 0 Å². The summed E-state index contributed by atoms with van der Waals surface area (Å²) in [6.07, 6.45) is -18.9. The van der Waals surface area contributed by atoms with E-state index in [1.165, 1.54) is 42.5 Å². The molecule has 18 heteroatoms. The molecule has 4 aliphatic heterocycles. The summed E-state index contributed by atoms with van der Waals surface area (Å²) in [6, 6.07) is 13.1. The topological polar surface area (TPSA) is 294 Å². The minimum atomic E-state index is -1.95. The number of carbonyl (C=O) groups excluding carboxylic acids is 1. The van der Waals surface area contributed by atoms with E-state index in [-0.39, 0.29) is 45.4 Å². The van der Waals surface area contributed by atoms with Crippen molar-refractivity contribution in [3.05, 3.63) is 76.9 Å². The summed E-state index contributed by atoms with van der Waals surface area (Å²) in [5.41, 5.74) is 5.62. The molecule has 0 bridgehead atoms. The lowest BCUT2D eigenvalue weighted by atomic mass is 9.77. The van der Waals surface area contributed by atoms with E-state index in [0.29, 0.717) is 5.56 Å². The lowest BCUT2D eigenvalue weighted by Crippen LogP contribution is -2.61. The molecule has 4 aliphatic rings. The first-order chi connectivity index (χ1) is 23.7. The fourth-order valence-corrected chi connectivity index (χ4v) is 6.47. The molecule has 10 N–H and O–H groups in total. The highest BCUT2D eigenvalue weighted by atomic mass is 16.7. The number of nitrogens with two attached hydrogens (primary N) is 1. The highest BCUT2D eigenvalue weighted by Gasteiger charge is 2.55. The predicted molar refractivity (Wildman–Crippen MR) is 159 cm³/mol. The number of carboxylic acids is 2. The van der Waals surface area contributed by atoms with Crippen molar-refractivity contribution in [2.45, 2.75) is 67.0 Å². The second kappa shape index (κ2) is 12.1. The van der Waals surface area contributed by atoms with Crippen LogP contribution in [-0.2, 0) is 29.4 Å². The number of rotatable bonds is 6. The third-order valence-corrected chi connectivity index (χ3v) is 8.94. The van der Waals surface area contributed by atoms with Crippen molar-refractivity contribution in [3.63, 3.8) is 0 Å². The quantitative estimate of drug-likeness (QED) is 0.103. The van der Waals surface area contributed by atoms with E-state index in [4.69, 9.17) is 34.2 Å². The molecule has 4 heterocycles. The predicted octanol–water partition coefficient (Wildman–Crippen LogP) is -1.62. The Balaban J connectivity index is 1.28. The van der Waals surface area contributed by atoms with E-state index in [0.717, 1.165) is 0 Å². The average molecular weight is 700 g/mol. The van der Waals surface area contributed by atoms with Crippen LogP contribution in [0.1, 0.15) is 27.0 Å². The maximum Gasteiger partial charge on any atom is 0.342 e. The van der Waals surface area contributed by atoms with Gasteiger partial charge in [0.2, 0.25) is 12.6 Å². The molecular weight excluding hydrogens is 670 g/mol. The Hall–Kier alpha value is -5.05. The Morgan fingerprint density at radius 1 is 0.660 bits per heavy atom. The average Bonchev–Trinajstić information content (AvgIpc) is 3.37. The van der Waals surface area contributed by atoms with Gasteiger partial charge in [0.15, 0.2) is 17.8 Å². The van der Waals surface area contributed by atoms with Crippen molar-refractivity contribution in [1.82, 2.24) is 0 Å². The van der Waals surface area contributed by atoms with Gasteiger partial charge in [-0.3, -0.25) is 0 Å². The van der Waals surface area contributed by atoms with Crippen molar-refractivity contribution in [1.29, 1.82) is 0 Å². The lowest BCUT2D eigenvalue weighted by Gasteiger charge is -2.39. The molecule has 2 unspecified atom stereocenters. The number of nitrogen functional groups attached to an aromatic ring is 1. The molecule has 0 aromatic heterocycles. The first kappa shape index (κ1) is 33.4. The Labute approximate surface area is 279 Å². The molecule has 2 fully saturated rings. The number of carboxylic acid groups (broad SMARTS) is 2. The minimum absolute atomic E-state index is 0.00864. The summed E-state index contributed by atoms with van der Waals surface area (Å²) >= 11 is 0. The number of hydrogen-bond donors (Lipinski definition) is 9. The van der Waals surface area contributed by atoms with Crippen molar-refractivity contribution in [2.24, 2.45) is 0 Å². The van der Waals surface area contributed by atoms with Crippen LogP contribution in [0.4, 0.5) is 5.69 Å². The number of esters is 1. The first-order valence-electron chi connectivity index (χ1n) is 15.0. The van der Waals surface area contributed by atoms with Crippen molar-refractivity contribution >= 4 is 23.6 Å². The molecule has 18 nitrogen and oxygen atoms in total. The van der Waals surface area contributed by atoms with E-state index in [9.17, 15) is 55.2 Å². The van der Waals surface area contributed by atoms with Crippen LogP contribution in [0.5, 0.6) is 23.0 Å². The van der Waals surface area contributed by atoms with Gasteiger partial charge in [0.25, 0.3) is 0 Å². The van der Waals surface area contributed by atoms with Gasteiger partial charge in [-0.25, -0.2) is 14.4 Å². The zero-order valence-corrected chi connectivity index (χ0v) is 25.3. The first-order valence-corrected chi connectivity index (χ1v) is 15.0. The summed E-state index contributed by atoms with van der Waals surface area (Å²) in [5, 5.41) is 80.3. The monoisotopic (exact) mass is 699 g/mol. The van der Waals surface area contributed by atoms with Crippen LogP contribution in [0.3, 0.4) is 0 Å². The molecular formula is C32H29NO17. The maximum absolute atomic E-state index is 13.3. The maximum atomic E-state index is 13.3. The Morgan fingerprint density at radius 3 is 1.60 bits per heavy atom. The van der Waals surface area contributed by atoms with Gasteiger partial charge in [-0.1, -0.05) is 12.1 Å². The highest BCUT2D eigenvalue weighted by molar-refractivity contribution is 6.01. The summed E-state index contributed by atoms with van der Waals surface area (Å²) in [7, 11) is 0. The number of hydrogen-bond acceptors (Lipinski definition) is 16. The van der Waals surface area contributed by atoms with Crippen molar-refractivity contribution < 1.29 is 83.7 Å². The van der Waals surface area contributed by atoms with Gasteiger partial charge in [-0.2, -0.15) is 0 Å². The molecule has 10 atom stereocenters. The molecule has 3 aromatic carbocycles. The van der Waals surface area contributed by atoms with Crippen LogP contribution in [0.15, 0.2) is 54.6 Å². The standard InChI is InChI=1S/C32H29NO17/c33-15-3-1-2-14-18(15)29(44)50-32(14)12-6-4-10(45-30-23(38)19(34)21(36)25(48-30)27(40)41)8-16(12)47-17-9-11(5-7-13(17)32)46-31-24(39)20(35)22(37)26(49-31)28(42)43/h1-9,19-26,30-31,34-39H,33H2,(H,40,41)(H,42,43)/t19-,20-,21-,22-,23+,24+,25-,26-,30?,31?,32?/m0/s1. The second-order valence-electron chi connectivity index (χ2n) is 12.0. The van der Waals surface area contributed by atoms with E-state index in [1.807, 2.05) is 0 Å². The number of anilines is 1. The summed E-state index contributed by atoms with van der Waals surface area (Å²) < 4.78 is 34.1. The van der Waals surface area contributed by atoms with E-state index in [1.54, 1.807) is 12.1 Å². The Morgan fingerprint density at radius 2 is 1.14 bits per heavy atom. The number of ether oxygens (including phenoxy) is 6. The Bertz CT molecular complexity index is 1790. The van der Waals surface area contributed by atoms with Gasteiger partial charge in [0.05, 0.1) is 5.56 Å². The zero-order chi connectivity index (χ0) is 35.8. The molecule has 7 rings (SSSR count). The smallest absolute Gasteiger partial charge is 0.342 e. The second-order valence-corrected chi connectivity index (χ2v) is 12.0. The zero-order valence-electron chi connectivity index (χ0n) is 25.3. The number of aliphatic hydroxyl groups is 6. The van der Waals surface area contributed by atoms with Crippen LogP contribution >= 0.6 is 0 Å².